The standard InChI is InChI=1S/C18H17FN2/c19-14-9-7-13(8-10-14)18(11-3-4-12-18)17-20-15-5-1-2-6-16(15)21-17/h1-2,5-10H,3-4,11-12H2,(H,20,21). The fraction of sp³-hybridized carbons (Fsp3) is 0.278. The topological polar surface area (TPSA) is 28.7 Å². The van der Waals surface area contributed by atoms with E-state index in [0.717, 1.165) is 29.7 Å². The predicted octanol–water partition coefficient (Wildman–Crippen LogP) is 4.56. The van der Waals surface area contributed by atoms with Gasteiger partial charge in [0, 0.05) is 0 Å². The number of aromatic nitrogens is 2. The Kier molecular flexibility index (Phi) is 2.81. The summed E-state index contributed by atoms with van der Waals surface area (Å²) in [5.74, 6) is 0.837. The van der Waals surface area contributed by atoms with Gasteiger partial charge >= 0.3 is 0 Å². The maximum absolute atomic E-state index is 13.2. The van der Waals surface area contributed by atoms with E-state index in [-0.39, 0.29) is 11.2 Å². The summed E-state index contributed by atoms with van der Waals surface area (Å²) >= 11 is 0. The third-order valence-corrected chi connectivity index (χ3v) is 4.70. The Bertz CT molecular complexity index is 734. The van der Waals surface area contributed by atoms with Gasteiger partial charge in [-0.1, -0.05) is 37.1 Å². The predicted molar refractivity (Wildman–Crippen MR) is 81.7 cm³/mol. The van der Waals surface area contributed by atoms with Crippen LogP contribution in [0, 0.1) is 5.82 Å². The summed E-state index contributed by atoms with van der Waals surface area (Å²) in [6.45, 7) is 0. The molecule has 0 aliphatic heterocycles. The van der Waals surface area contributed by atoms with E-state index in [4.69, 9.17) is 4.98 Å². The van der Waals surface area contributed by atoms with Crippen LogP contribution in [0.25, 0.3) is 11.0 Å². The van der Waals surface area contributed by atoms with Crippen LogP contribution in [-0.2, 0) is 5.41 Å². The number of fused-ring (bicyclic) bond motifs is 1. The Morgan fingerprint density at radius 3 is 2.38 bits per heavy atom. The Labute approximate surface area is 123 Å². The summed E-state index contributed by atoms with van der Waals surface area (Å²) in [7, 11) is 0. The van der Waals surface area contributed by atoms with Crippen molar-refractivity contribution in [2.75, 3.05) is 0 Å². The lowest BCUT2D eigenvalue weighted by Crippen LogP contribution is -2.25. The molecule has 3 heteroatoms. The van der Waals surface area contributed by atoms with E-state index in [9.17, 15) is 4.39 Å². The fourth-order valence-corrected chi connectivity index (χ4v) is 3.59. The molecule has 106 valence electrons. The van der Waals surface area contributed by atoms with Gasteiger partial charge in [-0.3, -0.25) is 0 Å². The zero-order chi connectivity index (χ0) is 14.3. The summed E-state index contributed by atoms with van der Waals surface area (Å²) in [6, 6.07) is 15.0. The van der Waals surface area contributed by atoms with Crippen molar-refractivity contribution >= 4 is 11.0 Å². The molecule has 1 aromatic heterocycles. The lowest BCUT2D eigenvalue weighted by Gasteiger charge is -2.27. The van der Waals surface area contributed by atoms with Crippen molar-refractivity contribution in [1.82, 2.24) is 9.97 Å². The van der Waals surface area contributed by atoms with Crippen molar-refractivity contribution in [3.05, 3.63) is 65.7 Å². The van der Waals surface area contributed by atoms with Crippen LogP contribution in [0.3, 0.4) is 0 Å². The van der Waals surface area contributed by atoms with Crippen LogP contribution >= 0.6 is 0 Å². The van der Waals surface area contributed by atoms with E-state index < -0.39 is 0 Å². The van der Waals surface area contributed by atoms with Crippen LogP contribution < -0.4 is 0 Å². The highest BCUT2D eigenvalue weighted by molar-refractivity contribution is 5.75. The number of nitrogens with zero attached hydrogens (tertiary/aromatic N) is 1. The van der Waals surface area contributed by atoms with Gasteiger partial charge in [0.05, 0.1) is 16.4 Å². The monoisotopic (exact) mass is 280 g/mol. The van der Waals surface area contributed by atoms with Crippen molar-refractivity contribution in [1.29, 1.82) is 0 Å². The third kappa shape index (κ3) is 1.96. The van der Waals surface area contributed by atoms with Crippen molar-refractivity contribution in [3.8, 4) is 0 Å². The van der Waals surface area contributed by atoms with Gasteiger partial charge in [0.2, 0.25) is 0 Å². The van der Waals surface area contributed by atoms with Crippen molar-refractivity contribution in [3.63, 3.8) is 0 Å². The molecule has 0 unspecified atom stereocenters. The van der Waals surface area contributed by atoms with Crippen molar-refractivity contribution < 1.29 is 4.39 Å². The molecule has 2 aromatic carbocycles. The Hall–Kier alpha value is -2.16. The largest absolute Gasteiger partial charge is 0.341 e. The smallest absolute Gasteiger partial charge is 0.123 e. The summed E-state index contributed by atoms with van der Waals surface area (Å²) < 4.78 is 13.2. The molecule has 3 aromatic rings. The van der Waals surface area contributed by atoms with Crippen LogP contribution in [-0.4, -0.2) is 9.97 Å². The molecule has 1 heterocycles. The first-order valence-electron chi connectivity index (χ1n) is 7.49. The Morgan fingerprint density at radius 2 is 1.67 bits per heavy atom. The zero-order valence-corrected chi connectivity index (χ0v) is 11.8. The number of benzene rings is 2. The number of hydrogen-bond acceptors (Lipinski definition) is 1. The fourth-order valence-electron chi connectivity index (χ4n) is 3.59. The highest BCUT2D eigenvalue weighted by atomic mass is 19.1. The van der Waals surface area contributed by atoms with Gasteiger partial charge in [0.1, 0.15) is 11.6 Å². The zero-order valence-electron chi connectivity index (χ0n) is 11.8. The number of nitrogens with one attached hydrogen (secondary N) is 1. The minimum Gasteiger partial charge on any atom is -0.341 e. The minimum atomic E-state index is -0.184. The van der Waals surface area contributed by atoms with Gasteiger partial charge in [-0.2, -0.15) is 0 Å². The first-order valence-corrected chi connectivity index (χ1v) is 7.49. The summed E-state index contributed by atoms with van der Waals surface area (Å²) in [5, 5.41) is 0. The van der Waals surface area contributed by atoms with E-state index in [1.54, 1.807) is 12.1 Å². The second-order valence-corrected chi connectivity index (χ2v) is 5.90. The minimum absolute atomic E-state index is 0.0906. The van der Waals surface area contributed by atoms with Crippen LogP contribution in [0.4, 0.5) is 4.39 Å². The number of rotatable bonds is 2. The molecule has 1 fully saturated rings. The molecule has 0 radical (unpaired) electrons. The second-order valence-electron chi connectivity index (χ2n) is 5.90. The summed E-state index contributed by atoms with van der Waals surface area (Å²) in [5.41, 5.74) is 3.15. The molecular formula is C18H17FN2. The lowest BCUT2D eigenvalue weighted by molar-refractivity contribution is 0.504. The molecule has 1 N–H and O–H groups in total. The van der Waals surface area contributed by atoms with Crippen LogP contribution in [0.5, 0.6) is 0 Å². The Morgan fingerprint density at radius 1 is 0.952 bits per heavy atom. The van der Waals surface area contributed by atoms with Crippen molar-refractivity contribution in [2.45, 2.75) is 31.1 Å². The normalized spacial score (nSPS) is 17.4. The molecule has 1 aliphatic carbocycles. The number of aromatic amines is 1. The van der Waals surface area contributed by atoms with Gasteiger partial charge in [-0.05, 0) is 42.7 Å². The number of halogens is 1. The molecule has 1 saturated carbocycles. The maximum atomic E-state index is 13.2. The average Bonchev–Trinajstić information content (AvgIpc) is 3.15. The highest BCUT2D eigenvalue weighted by Crippen LogP contribution is 2.45. The second kappa shape index (κ2) is 4.69. The van der Waals surface area contributed by atoms with Gasteiger partial charge in [0.25, 0.3) is 0 Å². The van der Waals surface area contributed by atoms with E-state index in [0.29, 0.717) is 0 Å². The molecule has 0 atom stereocenters. The number of para-hydroxylation sites is 2. The van der Waals surface area contributed by atoms with E-state index in [1.165, 1.54) is 18.4 Å². The summed E-state index contributed by atoms with van der Waals surface area (Å²) in [4.78, 5) is 8.30. The summed E-state index contributed by atoms with van der Waals surface area (Å²) in [6.07, 6.45) is 4.51. The molecule has 0 saturated heterocycles. The van der Waals surface area contributed by atoms with Crippen LogP contribution in [0.15, 0.2) is 48.5 Å². The Balaban J connectivity index is 1.89. The average molecular weight is 280 g/mol. The van der Waals surface area contributed by atoms with E-state index >= 15 is 0 Å². The van der Waals surface area contributed by atoms with Gasteiger partial charge < -0.3 is 4.98 Å². The molecule has 0 bridgehead atoms. The number of imidazole rings is 1. The lowest BCUT2D eigenvalue weighted by atomic mass is 9.78. The number of H-pyrrole nitrogens is 1. The van der Waals surface area contributed by atoms with Crippen LogP contribution in [0.2, 0.25) is 0 Å². The molecule has 21 heavy (non-hydrogen) atoms. The van der Waals surface area contributed by atoms with Gasteiger partial charge in [-0.25, -0.2) is 9.37 Å². The van der Waals surface area contributed by atoms with E-state index in [2.05, 4.69) is 11.1 Å². The number of hydrogen-bond donors (Lipinski definition) is 1. The molecule has 2 nitrogen and oxygen atoms in total. The van der Waals surface area contributed by atoms with Gasteiger partial charge in [-0.15, -0.1) is 0 Å². The first-order chi connectivity index (χ1) is 10.3. The molecule has 1 aliphatic rings. The van der Waals surface area contributed by atoms with Crippen LogP contribution in [0.1, 0.15) is 37.1 Å². The quantitative estimate of drug-likeness (QED) is 0.732. The van der Waals surface area contributed by atoms with E-state index in [1.807, 2.05) is 30.3 Å². The SMILES string of the molecule is Fc1ccc(C2(c3nc4ccccc4[nH]3)CCCC2)cc1. The molecular weight excluding hydrogens is 263 g/mol. The maximum Gasteiger partial charge on any atom is 0.123 e. The van der Waals surface area contributed by atoms with Crippen molar-refractivity contribution in [2.24, 2.45) is 0 Å². The first kappa shape index (κ1) is 12.6. The van der Waals surface area contributed by atoms with Gasteiger partial charge in [0.15, 0.2) is 0 Å². The highest BCUT2D eigenvalue weighted by Gasteiger charge is 2.40. The molecule has 0 spiro atoms. The molecule has 4 rings (SSSR count). The molecule has 0 amide bonds. The third-order valence-electron chi connectivity index (χ3n) is 4.70.